The zero-order valence-electron chi connectivity index (χ0n) is 16.3. The summed E-state index contributed by atoms with van der Waals surface area (Å²) < 4.78 is 5.50. The molecule has 0 amide bonds. The number of nitrogens with zero attached hydrogens (tertiary/aromatic N) is 1. The van der Waals surface area contributed by atoms with Crippen LogP contribution >= 0.6 is 11.6 Å². The van der Waals surface area contributed by atoms with Crippen molar-refractivity contribution < 1.29 is 9.53 Å². The van der Waals surface area contributed by atoms with Gasteiger partial charge in [-0.1, -0.05) is 60.1 Å². The molecule has 1 atom stereocenters. The smallest absolute Gasteiger partial charge is 0.337 e. The van der Waals surface area contributed by atoms with Crippen molar-refractivity contribution in [2.45, 2.75) is 19.8 Å². The predicted molar refractivity (Wildman–Crippen MR) is 115 cm³/mol. The van der Waals surface area contributed by atoms with Crippen LogP contribution in [-0.4, -0.2) is 12.6 Å². The minimum absolute atomic E-state index is 0.136. The van der Waals surface area contributed by atoms with E-state index in [1.54, 1.807) is 18.2 Å². The monoisotopic (exact) mass is 404 g/mol. The van der Waals surface area contributed by atoms with E-state index < -0.39 is 11.9 Å². The van der Waals surface area contributed by atoms with Gasteiger partial charge >= 0.3 is 5.97 Å². The average Bonchev–Trinajstić information content (AvgIpc) is 2.71. The summed E-state index contributed by atoms with van der Waals surface area (Å²) >= 11 is 6.16. The summed E-state index contributed by atoms with van der Waals surface area (Å²) in [6.45, 7) is 3.77. The highest BCUT2D eigenvalue weighted by Gasteiger charge is 2.34. The highest BCUT2D eigenvalue weighted by Crippen LogP contribution is 2.38. The van der Waals surface area contributed by atoms with Gasteiger partial charge < -0.3 is 10.1 Å². The quantitative estimate of drug-likeness (QED) is 0.682. The first-order valence-corrected chi connectivity index (χ1v) is 9.62. The lowest BCUT2D eigenvalue weighted by atomic mass is 9.81. The SMILES string of the molecule is CC1=C(C#N)C(c2cccc(Cl)c2)C(C(=O)OCC=Cc2ccccc2)=C(C)N1. The molecule has 5 heteroatoms. The Morgan fingerprint density at radius 3 is 2.62 bits per heavy atom. The molecule has 0 radical (unpaired) electrons. The molecule has 146 valence electrons. The van der Waals surface area contributed by atoms with E-state index >= 15 is 0 Å². The number of benzene rings is 2. The van der Waals surface area contributed by atoms with E-state index in [-0.39, 0.29) is 6.61 Å². The van der Waals surface area contributed by atoms with Crippen molar-refractivity contribution >= 4 is 23.6 Å². The molecule has 29 heavy (non-hydrogen) atoms. The number of halogens is 1. The van der Waals surface area contributed by atoms with E-state index in [2.05, 4.69) is 11.4 Å². The minimum Gasteiger partial charge on any atom is -0.458 e. The molecular formula is C24H21ClN2O2. The van der Waals surface area contributed by atoms with Crippen LogP contribution in [0.5, 0.6) is 0 Å². The minimum atomic E-state index is -0.523. The summed E-state index contributed by atoms with van der Waals surface area (Å²) in [6.07, 6.45) is 3.69. The molecule has 0 spiro atoms. The van der Waals surface area contributed by atoms with Gasteiger partial charge in [-0.05, 0) is 43.2 Å². The van der Waals surface area contributed by atoms with Gasteiger partial charge in [-0.15, -0.1) is 0 Å². The van der Waals surface area contributed by atoms with E-state index in [1.807, 2.05) is 62.4 Å². The lowest BCUT2D eigenvalue weighted by Gasteiger charge is -2.28. The lowest BCUT2D eigenvalue weighted by Crippen LogP contribution is -2.28. The fraction of sp³-hybridized carbons (Fsp3) is 0.167. The predicted octanol–water partition coefficient (Wildman–Crippen LogP) is 5.35. The maximum atomic E-state index is 12.9. The molecule has 0 bridgehead atoms. The lowest BCUT2D eigenvalue weighted by molar-refractivity contribution is -0.138. The zero-order chi connectivity index (χ0) is 20.8. The van der Waals surface area contributed by atoms with Crippen LogP contribution in [0.4, 0.5) is 0 Å². The molecule has 0 fully saturated rings. The molecule has 1 N–H and O–H groups in total. The molecule has 0 saturated carbocycles. The Morgan fingerprint density at radius 2 is 1.93 bits per heavy atom. The first-order chi connectivity index (χ1) is 14.0. The number of dihydropyridines is 1. The van der Waals surface area contributed by atoms with Crippen LogP contribution in [0.3, 0.4) is 0 Å². The number of hydrogen-bond acceptors (Lipinski definition) is 4. The Morgan fingerprint density at radius 1 is 1.17 bits per heavy atom. The third-order valence-corrected chi connectivity index (χ3v) is 4.94. The molecule has 2 aromatic carbocycles. The van der Waals surface area contributed by atoms with E-state index in [4.69, 9.17) is 16.3 Å². The normalized spacial score (nSPS) is 16.6. The number of esters is 1. The summed E-state index contributed by atoms with van der Waals surface area (Å²) in [5.74, 6) is -0.983. The third-order valence-electron chi connectivity index (χ3n) is 4.70. The number of ether oxygens (including phenoxy) is 1. The van der Waals surface area contributed by atoms with Crippen molar-refractivity contribution in [1.82, 2.24) is 5.32 Å². The average molecular weight is 405 g/mol. The molecule has 1 unspecified atom stereocenters. The first-order valence-electron chi connectivity index (χ1n) is 9.24. The van der Waals surface area contributed by atoms with Crippen LogP contribution in [0.2, 0.25) is 5.02 Å². The molecule has 0 aliphatic carbocycles. The van der Waals surface area contributed by atoms with Crippen LogP contribution in [0.25, 0.3) is 6.08 Å². The van der Waals surface area contributed by atoms with Gasteiger partial charge in [-0.2, -0.15) is 5.26 Å². The van der Waals surface area contributed by atoms with Crippen LogP contribution in [0.15, 0.2) is 83.2 Å². The maximum absolute atomic E-state index is 12.9. The molecule has 1 aliphatic heterocycles. The molecule has 3 rings (SSSR count). The van der Waals surface area contributed by atoms with Gasteiger partial charge in [-0.3, -0.25) is 0 Å². The highest BCUT2D eigenvalue weighted by atomic mass is 35.5. The summed E-state index contributed by atoms with van der Waals surface area (Å²) in [5.41, 5.74) is 4.09. The molecule has 0 aromatic heterocycles. The van der Waals surface area contributed by atoms with Gasteiger partial charge in [0.2, 0.25) is 0 Å². The van der Waals surface area contributed by atoms with Crippen molar-refractivity contribution in [3.05, 3.63) is 99.4 Å². The van der Waals surface area contributed by atoms with Crippen molar-refractivity contribution in [2.24, 2.45) is 0 Å². The zero-order valence-corrected chi connectivity index (χ0v) is 17.0. The summed E-state index contributed by atoms with van der Waals surface area (Å²) in [7, 11) is 0. The van der Waals surface area contributed by atoms with Crippen LogP contribution < -0.4 is 5.32 Å². The molecule has 1 aliphatic rings. The Hall–Kier alpha value is -3.29. The second kappa shape index (κ2) is 9.27. The fourth-order valence-electron chi connectivity index (χ4n) is 3.38. The number of allylic oxidation sites excluding steroid dienone is 3. The summed E-state index contributed by atoms with van der Waals surface area (Å²) in [6, 6.07) is 19.2. The van der Waals surface area contributed by atoms with Crippen LogP contribution in [0.1, 0.15) is 30.9 Å². The van der Waals surface area contributed by atoms with Crippen LogP contribution in [-0.2, 0) is 9.53 Å². The highest BCUT2D eigenvalue weighted by molar-refractivity contribution is 6.30. The fourth-order valence-corrected chi connectivity index (χ4v) is 3.58. The number of nitriles is 1. The Kier molecular flexibility index (Phi) is 6.54. The Bertz CT molecular complexity index is 1050. The van der Waals surface area contributed by atoms with Crippen LogP contribution in [0, 0.1) is 11.3 Å². The topological polar surface area (TPSA) is 62.1 Å². The summed E-state index contributed by atoms with van der Waals surface area (Å²) in [4.78, 5) is 12.9. The van der Waals surface area contributed by atoms with E-state index in [9.17, 15) is 10.1 Å². The second-order valence-electron chi connectivity index (χ2n) is 6.71. The first kappa shape index (κ1) is 20.4. The largest absolute Gasteiger partial charge is 0.458 e. The van der Waals surface area contributed by atoms with Gasteiger partial charge in [0.15, 0.2) is 0 Å². The Balaban J connectivity index is 1.84. The molecule has 4 nitrogen and oxygen atoms in total. The van der Waals surface area contributed by atoms with Crippen molar-refractivity contribution in [1.29, 1.82) is 5.26 Å². The van der Waals surface area contributed by atoms with Crippen molar-refractivity contribution in [2.75, 3.05) is 6.61 Å². The standard InChI is InChI=1S/C24H21ClN2O2/c1-16-21(15-26)23(19-11-6-12-20(25)14-19)22(17(2)27-16)24(28)29-13-7-10-18-8-4-3-5-9-18/h3-12,14,23,27H,13H2,1-2H3. The van der Waals surface area contributed by atoms with Gasteiger partial charge in [0, 0.05) is 16.4 Å². The maximum Gasteiger partial charge on any atom is 0.337 e. The Labute approximate surface area is 175 Å². The molecular weight excluding hydrogens is 384 g/mol. The summed E-state index contributed by atoms with van der Waals surface area (Å²) in [5, 5.41) is 13.4. The van der Waals surface area contributed by atoms with Gasteiger partial charge in [0.1, 0.15) is 6.61 Å². The van der Waals surface area contributed by atoms with Gasteiger partial charge in [0.05, 0.1) is 23.1 Å². The van der Waals surface area contributed by atoms with Crippen molar-refractivity contribution in [3.8, 4) is 6.07 Å². The third kappa shape index (κ3) is 4.77. The second-order valence-corrected chi connectivity index (χ2v) is 7.15. The van der Waals surface area contributed by atoms with E-state index in [0.29, 0.717) is 21.9 Å². The molecule has 0 saturated heterocycles. The number of rotatable bonds is 5. The van der Waals surface area contributed by atoms with Gasteiger partial charge in [-0.25, -0.2) is 4.79 Å². The van der Waals surface area contributed by atoms with E-state index in [1.165, 1.54) is 0 Å². The molecule has 2 aromatic rings. The van der Waals surface area contributed by atoms with E-state index in [0.717, 1.165) is 16.8 Å². The van der Waals surface area contributed by atoms with Gasteiger partial charge in [0.25, 0.3) is 0 Å². The number of carbonyl (C=O) groups excluding carboxylic acids is 1. The number of hydrogen-bond donors (Lipinski definition) is 1. The number of carbonyl (C=O) groups is 1. The van der Waals surface area contributed by atoms with Crippen molar-refractivity contribution in [3.63, 3.8) is 0 Å². The molecule has 1 heterocycles. The number of nitrogens with one attached hydrogen (secondary N) is 1.